The summed E-state index contributed by atoms with van der Waals surface area (Å²) in [6.07, 6.45) is 1.46. The number of hydrogen-bond donors (Lipinski definition) is 0. The number of hydrogen-bond acceptors (Lipinski definition) is 4. The van der Waals surface area contributed by atoms with Crippen LogP contribution in [-0.4, -0.2) is 30.7 Å². The summed E-state index contributed by atoms with van der Waals surface area (Å²) in [5.41, 5.74) is 4.56. The minimum Gasteiger partial charge on any atom is -0.367 e. The molecule has 1 saturated heterocycles. The van der Waals surface area contributed by atoms with Gasteiger partial charge in [-0.1, -0.05) is 121 Å². The number of fused-ring (bicyclic) bond motifs is 1. The highest BCUT2D eigenvalue weighted by atomic mass is 16.8. The molecule has 0 bridgehead atoms. The van der Waals surface area contributed by atoms with Crippen LogP contribution in [0.4, 0.5) is 0 Å². The quantitative estimate of drug-likeness (QED) is 0.176. The van der Waals surface area contributed by atoms with Gasteiger partial charge in [-0.2, -0.15) is 0 Å². The lowest BCUT2D eigenvalue weighted by Crippen LogP contribution is -2.35. The molecular weight excluding hydrogens is 484 g/mol. The molecule has 6 rings (SSSR count). The molecule has 39 heavy (non-hydrogen) atoms. The van der Waals surface area contributed by atoms with Gasteiger partial charge in [-0.15, -0.1) is 0 Å². The first-order valence-corrected chi connectivity index (χ1v) is 13.6. The molecule has 4 aromatic rings. The molecule has 0 aromatic heterocycles. The monoisotopic (exact) mass is 518 g/mol. The van der Waals surface area contributed by atoms with Crippen LogP contribution in [0.5, 0.6) is 0 Å². The maximum atomic E-state index is 7.10. The van der Waals surface area contributed by atoms with Gasteiger partial charge in [-0.05, 0) is 47.8 Å². The lowest BCUT2D eigenvalue weighted by atomic mass is 9.80. The van der Waals surface area contributed by atoms with E-state index in [4.69, 9.17) is 18.9 Å². The second-order valence-electron chi connectivity index (χ2n) is 10.6. The highest BCUT2D eigenvalue weighted by molar-refractivity contribution is 5.47. The van der Waals surface area contributed by atoms with E-state index in [-0.39, 0.29) is 18.3 Å². The second-order valence-corrected chi connectivity index (χ2v) is 10.6. The second kappa shape index (κ2) is 10.9. The predicted octanol–water partition coefficient (Wildman–Crippen LogP) is 7.04. The van der Waals surface area contributed by atoms with Gasteiger partial charge in [-0.3, -0.25) is 0 Å². The Balaban J connectivity index is 1.35. The van der Waals surface area contributed by atoms with Crippen LogP contribution in [0.3, 0.4) is 0 Å². The van der Waals surface area contributed by atoms with Gasteiger partial charge < -0.3 is 18.9 Å². The molecular formula is C35H34O4. The fourth-order valence-corrected chi connectivity index (χ4v) is 5.72. The molecule has 0 amide bonds. The predicted molar refractivity (Wildman–Crippen MR) is 152 cm³/mol. The van der Waals surface area contributed by atoms with Crippen molar-refractivity contribution in [3.63, 3.8) is 0 Å². The Hall–Kier alpha value is -3.54. The van der Waals surface area contributed by atoms with Gasteiger partial charge in [0.1, 0.15) is 23.9 Å². The summed E-state index contributed by atoms with van der Waals surface area (Å²) < 4.78 is 26.2. The fourth-order valence-electron chi connectivity index (χ4n) is 5.72. The highest BCUT2D eigenvalue weighted by Crippen LogP contribution is 2.44. The van der Waals surface area contributed by atoms with Crippen molar-refractivity contribution in [2.24, 2.45) is 0 Å². The third-order valence-corrected chi connectivity index (χ3v) is 7.48. The van der Waals surface area contributed by atoms with Crippen molar-refractivity contribution in [3.8, 4) is 0 Å². The third kappa shape index (κ3) is 5.21. The van der Waals surface area contributed by atoms with Crippen molar-refractivity contribution < 1.29 is 18.9 Å². The van der Waals surface area contributed by atoms with Crippen LogP contribution in [0.1, 0.15) is 36.1 Å². The van der Waals surface area contributed by atoms with E-state index in [1.54, 1.807) is 0 Å². The van der Waals surface area contributed by atoms with Crippen molar-refractivity contribution in [1.82, 2.24) is 0 Å². The molecule has 0 N–H and O–H groups in total. The minimum atomic E-state index is -0.807. The average molecular weight is 519 g/mol. The van der Waals surface area contributed by atoms with E-state index in [9.17, 15) is 0 Å². The number of ether oxygens (including phenoxy) is 4. The molecule has 1 aliphatic carbocycles. The number of rotatable bonds is 9. The topological polar surface area (TPSA) is 36.9 Å². The standard InChI is InChI=1S/C35H34O4/c1-34(2)38-32-27(23-31(33(32)39-34)36-24-26-15-7-3-8-16-26)25-37-35(28-17-9-4-10-18-28,29-19-11-5-12-20-29)30-21-13-6-14-22-30/h3-23,31-33H,24-25H2,1-2H3/t31-,32-,33?/m0/s1. The van der Waals surface area contributed by atoms with E-state index in [0.717, 1.165) is 27.8 Å². The smallest absolute Gasteiger partial charge is 0.164 e. The van der Waals surface area contributed by atoms with E-state index in [1.807, 2.05) is 50.2 Å². The summed E-state index contributed by atoms with van der Waals surface area (Å²) in [5.74, 6) is -0.696. The zero-order chi connectivity index (χ0) is 26.7. The lowest BCUT2D eigenvalue weighted by molar-refractivity contribution is -0.157. The fraction of sp³-hybridized carbons (Fsp3) is 0.257. The van der Waals surface area contributed by atoms with Crippen LogP contribution in [0.2, 0.25) is 0 Å². The Morgan fingerprint density at radius 3 is 1.64 bits per heavy atom. The molecule has 198 valence electrons. The molecule has 4 nitrogen and oxygen atoms in total. The van der Waals surface area contributed by atoms with Crippen molar-refractivity contribution in [2.45, 2.75) is 50.2 Å². The van der Waals surface area contributed by atoms with Gasteiger partial charge in [0.25, 0.3) is 0 Å². The minimum absolute atomic E-state index is 0.220. The summed E-state index contributed by atoms with van der Waals surface area (Å²) >= 11 is 0. The molecule has 0 radical (unpaired) electrons. The van der Waals surface area contributed by atoms with Gasteiger partial charge in [0.05, 0.1) is 13.2 Å². The number of benzene rings is 4. The molecule has 1 fully saturated rings. The first kappa shape index (κ1) is 25.7. The van der Waals surface area contributed by atoms with Crippen LogP contribution >= 0.6 is 0 Å². The maximum Gasteiger partial charge on any atom is 0.164 e. The summed E-state index contributed by atoms with van der Waals surface area (Å²) in [6, 6.07) is 41.5. The van der Waals surface area contributed by atoms with E-state index >= 15 is 0 Å². The molecule has 3 atom stereocenters. The van der Waals surface area contributed by atoms with Crippen molar-refractivity contribution in [2.75, 3.05) is 6.61 Å². The van der Waals surface area contributed by atoms with Crippen molar-refractivity contribution in [3.05, 3.63) is 155 Å². The van der Waals surface area contributed by atoms with Crippen molar-refractivity contribution >= 4 is 0 Å². The van der Waals surface area contributed by atoms with Gasteiger partial charge >= 0.3 is 0 Å². The molecule has 0 saturated carbocycles. The summed E-state index contributed by atoms with van der Waals surface area (Å²) in [6.45, 7) is 4.79. The van der Waals surface area contributed by atoms with Crippen molar-refractivity contribution in [1.29, 1.82) is 0 Å². The first-order chi connectivity index (χ1) is 19.1. The van der Waals surface area contributed by atoms with Gasteiger partial charge in [0, 0.05) is 0 Å². The Bertz CT molecular complexity index is 1290. The van der Waals surface area contributed by atoms with Crippen LogP contribution < -0.4 is 0 Å². The van der Waals surface area contributed by atoms with Crippen LogP contribution in [0.25, 0.3) is 0 Å². The molecule has 2 aliphatic rings. The van der Waals surface area contributed by atoms with Gasteiger partial charge in [0.2, 0.25) is 0 Å². The summed E-state index contributed by atoms with van der Waals surface area (Å²) in [7, 11) is 0. The zero-order valence-electron chi connectivity index (χ0n) is 22.4. The van der Waals surface area contributed by atoms with Crippen LogP contribution in [0, 0.1) is 0 Å². The summed E-state index contributed by atoms with van der Waals surface area (Å²) in [4.78, 5) is 0. The Morgan fingerprint density at radius 1 is 0.641 bits per heavy atom. The normalized spacial score (nSPS) is 21.9. The lowest BCUT2D eigenvalue weighted by Gasteiger charge is -2.36. The van der Waals surface area contributed by atoms with E-state index in [2.05, 4.69) is 91.0 Å². The van der Waals surface area contributed by atoms with Gasteiger partial charge in [-0.25, -0.2) is 0 Å². The molecule has 0 spiro atoms. The SMILES string of the molecule is CC1(C)OC2[C@@H](OCc3ccccc3)C=C(COC(c3ccccc3)(c3ccccc3)c3ccccc3)[C@@H]2O1. The molecule has 4 heteroatoms. The Kier molecular flexibility index (Phi) is 7.20. The molecule has 4 aromatic carbocycles. The van der Waals surface area contributed by atoms with E-state index in [0.29, 0.717) is 13.2 Å². The average Bonchev–Trinajstić information content (AvgIpc) is 3.47. The Labute approximate surface area is 230 Å². The third-order valence-electron chi connectivity index (χ3n) is 7.48. The zero-order valence-corrected chi connectivity index (χ0v) is 22.4. The molecule has 1 aliphatic heterocycles. The molecule has 1 unspecified atom stereocenters. The van der Waals surface area contributed by atoms with Crippen LogP contribution in [-0.2, 0) is 31.2 Å². The van der Waals surface area contributed by atoms with Gasteiger partial charge in [0.15, 0.2) is 5.79 Å². The van der Waals surface area contributed by atoms with Crippen LogP contribution in [0.15, 0.2) is 133 Å². The molecule has 1 heterocycles. The largest absolute Gasteiger partial charge is 0.367 e. The van der Waals surface area contributed by atoms with E-state index < -0.39 is 11.4 Å². The highest BCUT2D eigenvalue weighted by Gasteiger charge is 2.51. The maximum absolute atomic E-state index is 7.10. The van der Waals surface area contributed by atoms with E-state index in [1.165, 1.54) is 0 Å². The summed E-state index contributed by atoms with van der Waals surface area (Å²) in [5, 5.41) is 0. The Morgan fingerprint density at radius 2 is 1.13 bits per heavy atom. The first-order valence-electron chi connectivity index (χ1n) is 13.6.